The van der Waals surface area contributed by atoms with Gasteiger partial charge in [-0.2, -0.15) is 0 Å². The Hall–Kier alpha value is -4.08. The lowest BCUT2D eigenvalue weighted by Gasteiger charge is -2.21. The number of pyridine rings is 1. The van der Waals surface area contributed by atoms with Crippen LogP contribution in [0.3, 0.4) is 0 Å². The zero-order valence-electron chi connectivity index (χ0n) is 18.4. The summed E-state index contributed by atoms with van der Waals surface area (Å²) < 4.78 is 29.5. The van der Waals surface area contributed by atoms with Crippen molar-refractivity contribution >= 4 is 48.3 Å². The fourth-order valence-electron chi connectivity index (χ4n) is 3.56. The number of hydrogen-bond acceptors (Lipinski definition) is 6. The number of hydrogen-bond donors (Lipinski definition) is 1. The van der Waals surface area contributed by atoms with Crippen molar-refractivity contribution in [1.82, 2.24) is 9.97 Å². The summed E-state index contributed by atoms with van der Waals surface area (Å²) in [4.78, 5) is 24.6. The maximum Gasteiger partial charge on any atom is 0.262 e. The van der Waals surface area contributed by atoms with Crippen LogP contribution in [-0.4, -0.2) is 24.3 Å². The van der Waals surface area contributed by atoms with E-state index in [-0.39, 0.29) is 28.6 Å². The minimum Gasteiger partial charge on any atom is -0.279 e. The number of amides is 1. The number of carbonyl (C=O) groups is 1. The third-order valence-electron chi connectivity index (χ3n) is 5.26. The molecule has 2 heterocycles. The molecular formula is C26H20N4O3S2. The molecule has 0 bridgehead atoms. The molecule has 2 aromatic heterocycles. The molecule has 0 unspecified atom stereocenters. The van der Waals surface area contributed by atoms with Gasteiger partial charge in [-0.3, -0.25) is 19.4 Å². The Morgan fingerprint density at radius 3 is 2.34 bits per heavy atom. The molecule has 0 saturated heterocycles. The molecule has 35 heavy (non-hydrogen) atoms. The molecule has 0 radical (unpaired) electrons. The summed E-state index contributed by atoms with van der Waals surface area (Å²) in [6.45, 7) is 0.180. The second kappa shape index (κ2) is 9.65. The van der Waals surface area contributed by atoms with Gasteiger partial charge in [0.1, 0.15) is 0 Å². The van der Waals surface area contributed by atoms with Crippen LogP contribution in [0.2, 0.25) is 0 Å². The number of rotatable bonds is 7. The Balaban J connectivity index is 1.55. The first-order valence-electron chi connectivity index (χ1n) is 10.8. The van der Waals surface area contributed by atoms with Crippen LogP contribution in [0, 0.1) is 0 Å². The van der Waals surface area contributed by atoms with Gasteiger partial charge in [0.25, 0.3) is 15.9 Å². The number of nitrogens with one attached hydrogen (secondary N) is 1. The second-order valence-corrected chi connectivity index (χ2v) is 10.3. The Morgan fingerprint density at radius 2 is 1.57 bits per heavy atom. The van der Waals surface area contributed by atoms with Gasteiger partial charge in [0, 0.05) is 6.20 Å². The summed E-state index contributed by atoms with van der Waals surface area (Å²) in [5.41, 5.74) is 1.86. The van der Waals surface area contributed by atoms with E-state index in [1.54, 1.807) is 54.7 Å². The average Bonchev–Trinajstić information content (AvgIpc) is 3.32. The van der Waals surface area contributed by atoms with Crippen LogP contribution < -0.4 is 9.62 Å². The van der Waals surface area contributed by atoms with Crippen LogP contribution in [0.1, 0.15) is 16.1 Å². The molecule has 7 nitrogen and oxygen atoms in total. The van der Waals surface area contributed by atoms with E-state index < -0.39 is 10.0 Å². The average molecular weight is 501 g/mol. The highest BCUT2D eigenvalue weighted by atomic mass is 32.2. The van der Waals surface area contributed by atoms with Gasteiger partial charge in [-0.15, -0.1) is 0 Å². The molecule has 1 amide bonds. The second-order valence-electron chi connectivity index (χ2n) is 7.64. The van der Waals surface area contributed by atoms with Crippen molar-refractivity contribution in [2.24, 2.45) is 0 Å². The molecule has 0 saturated carbocycles. The molecule has 1 N–H and O–H groups in total. The Bertz CT molecular complexity index is 1550. The molecule has 0 aliphatic carbocycles. The summed E-state index contributed by atoms with van der Waals surface area (Å²) in [7, 11) is -3.89. The zero-order valence-corrected chi connectivity index (χ0v) is 20.0. The lowest BCUT2D eigenvalue weighted by molar-refractivity contribution is 0.0985. The monoisotopic (exact) mass is 500 g/mol. The molecule has 0 aliphatic heterocycles. The van der Waals surface area contributed by atoms with Crippen molar-refractivity contribution in [3.63, 3.8) is 0 Å². The smallest absolute Gasteiger partial charge is 0.262 e. The van der Waals surface area contributed by atoms with Gasteiger partial charge in [0.05, 0.1) is 38.6 Å². The van der Waals surface area contributed by atoms with E-state index in [0.717, 1.165) is 10.2 Å². The van der Waals surface area contributed by atoms with Crippen molar-refractivity contribution in [3.8, 4) is 0 Å². The number of sulfonamides is 1. The number of nitrogens with zero attached hydrogens (tertiary/aromatic N) is 3. The Labute approximate surface area is 206 Å². The van der Waals surface area contributed by atoms with Crippen LogP contribution in [0.25, 0.3) is 10.2 Å². The molecule has 5 aromatic rings. The van der Waals surface area contributed by atoms with Gasteiger partial charge in [0.15, 0.2) is 5.13 Å². The largest absolute Gasteiger partial charge is 0.279 e. The van der Waals surface area contributed by atoms with Crippen LogP contribution in [0.4, 0.5) is 10.8 Å². The van der Waals surface area contributed by atoms with E-state index in [1.807, 2.05) is 36.4 Å². The van der Waals surface area contributed by atoms with E-state index in [2.05, 4.69) is 14.7 Å². The standard InChI is InChI=1S/C26H20N4O3S2/c31-25(21-13-4-5-14-22(21)29-35(32,33)20-11-2-1-3-12-20)30(18-19-10-8-9-17-27-19)26-28-23-15-6-7-16-24(23)34-26/h1-17,29H,18H2. The summed E-state index contributed by atoms with van der Waals surface area (Å²) in [5, 5.41) is 0.502. The third kappa shape index (κ3) is 4.91. The lowest BCUT2D eigenvalue weighted by atomic mass is 10.1. The predicted molar refractivity (Wildman–Crippen MR) is 138 cm³/mol. The first-order chi connectivity index (χ1) is 17.0. The lowest BCUT2D eigenvalue weighted by Crippen LogP contribution is -2.31. The summed E-state index contributed by atoms with van der Waals surface area (Å²) in [5.74, 6) is -0.388. The van der Waals surface area contributed by atoms with Gasteiger partial charge in [-0.1, -0.05) is 59.9 Å². The van der Waals surface area contributed by atoms with Gasteiger partial charge in [-0.25, -0.2) is 13.4 Å². The zero-order chi connectivity index (χ0) is 24.3. The van der Waals surface area contributed by atoms with Crippen molar-refractivity contribution in [2.75, 3.05) is 9.62 Å². The maximum absolute atomic E-state index is 13.9. The normalized spacial score (nSPS) is 11.3. The van der Waals surface area contributed by atoms with Crippen LogP contribution >= 0.6 is 11.3 Å². The molecule has 0 spiro atoms. The van der Waals surface area contributed by atoms with Crippen LogP contribution in [-0.2, 0) is 16.6 Å². The SMILES string of the molecule is O=C(c1ccccc1NS(=O)(=O)c1ccccc1)N(Cc1ccccn1)c1nc2ccccc2s1. The van der Waals surface area contributed by atoms with Crippen LogP contribution in [0.5, 0.6) is 0 Å². The topological polar surface area (TPSA) is 92.3 Å². The molecule has 3 aromatic carbocycles. The quantitative estimate of drug-likeness (QED) is 0.326. The number of anilines is 2. The first kappa shape index (κ1) is 22.7. The third-order valence-corrected chi connectivity index (χ3v) is 7.70. The van der Waals surface area contributed by atoms with E-state index in [4.69, 9.17) is 0 Å². The molecule has 0 aliphatic rings. The van der Waals surface area contributed by atoms with Crippen molar-refractivity contribution < 1.29 is 13.2 Å². The number of thiazole rings is 1. The van der Waals surface area contributed by atoms with Gasteiger partial charge in [0.2, 0.25) is 0 Å². The fourth-order valence-corrected chi connectivity index (χ4v) is 5.63. The van der Waals surface area contributed by atoms with E-state index in [0.29, 0.717) is 10.8 Å². The summed E-state index contributed by atoms with van der Waals surface area (Å²) in [6.07, 6.45) is 1.66. The number of aromatic nitrogens is 2. The maximum atomic E-state index is 13.9. The minimum atomic E-state index is -3.89. The highest BCUT2D eigenvalue weighted by Crippen LogP contribution is 2.32. The molecular weight excluding hydrogens is 480 g/mol. The molecule has 9 heteroatoms. The van der Waals surface area contributed by atoms with Crippen molar-refractivity contribution in [1.29, 1.82) is 0 Å². The predicted octanol–water partition coefficient (Wildman–Crippen LogP) is 5.34. The number of benzene rings is 3. The number of carbonyl (C=O) groups excluding carboxylic acids is 1. The number of fused-ring (bicyclic) bond motifs is 1. The summed E-state index contributed by atoms with van der Waals surface area (Å²) in [6, 6.07) is 27.7. The Morgan fingerprint density at radius 1 is 0.857 bits per heavy atom. The molecule has 174 valence electrons. The van der Waals surface area contributed by atoms with Crippen LogP contribution in [0.15, 0.2) is 108 Å². The van der Waals surface area contributed by atoms with Gasteiger partial charge in [-0.05, 0) is 48.5 Å². The van der Waals surface area contributed by atoms with E-state index in [9.17, 15) is 13.2 Å². The van der Waals surface area contributed by atoms with Crippen molar-refractivity contribution in [3.05, 3.63) is 115 Å². The Kier molecular flexibility index (Phi) is 6.26. The number of para-hydroxylation sites is 2. The highest BCUT2D eigenvalue weighted by molar-refractivity contribution is 7.92. The highest BCUT2D eigenvalue weighted by Gasteiger charge is 2.26. The van der Waals surface area contributed by atoms with Gasteiger partial charge < -0.3 is 0 Å². The first-order valence-corrected chi connectivity index (χ1v) is 13.1. The molecule has 0 fully saturated rings. The van der Waals surface area contributed by atoms with Crippen molar-refractivity contribution in [2.45, 2.75) is 11.4 Å². The summed E-state index contributed by atoms with van der Waals surface area (Å²) >= 11 is 1.39. The van der Waals surface area contributed by atoms with E-state index in [1.165, 1.54) is 28.4 Å². The fraction of sp³-hybridized carbons (Fsp3) is 0.0385. The minimum absolute atomic E-state index is 0.110. The molecule has 0 atom stereocenters. The van der Waals surface area contributed by atoms with E-state index >= 15 is 0 Å². The molecule has 5 rings (SSSR count). The van der Waals surface area contributed by atoms with Gasteiger partial charge >= 0.3 is 0 Å².